The van der Waals surface area contributed by atoms with Crippen molar-refractivity contribution < 1.29 is 15.1 Å². The van der Waals surface area contributed by atoms with Gasteiger partial charge in [0.15, 0.2) is 0 Å². The minimum absolute atomic E-state index is 0.0987. The highest BCUT2D eigenvalue weighted by molar-refractivity contribution is 5.68. The van der Waals surface area contributed by atoms with E-state index in [0.717, 1.165) is 0 Å². The number of nitro groups is 1. The van der Waals surface area contributed by atoms with Crippen molar-refractivity contribution in [1.29, 1.82) is 0 Å². The van der Waals surface area contributed by atoms with Crippen molar-refractivity contribution in [2.45, 2.75) is 12.2 Å². The quantitative estimate of drug-likeness (QED) is 0.282. The van der Waals surface area contributed by atoms with E-state index in [1.54, 1.807) is 0 Å². The number of rotatable bonds is 1. The lowest BCUT2D eigenvalue weighted by atomic mass is 9.90. The maximum Gasteiger partial charge on any atom is 0.292 e. The van der Waals surface area contributed by atoms with Gasteiger partial charge in [0.05, 0.1) is 17.1 Å². The molecule has 0 radical (unpaired) electrons. The summed E-state index contributed by atoms with van der Waals surface area (Å²) in [5.41, 5.74) is 5.86. The van der Waals surface area contributed by atoms with Gasteiger partial charge in [-0.05, 0) is 11.6 Å². The highest BCUT2D eigenvalue weighted by Crippen LogP contribution is 2.39. The number of fused-ring (bicyclic) bond motifs is 1. The third-order valence-corrected chi connectivity index (χ3v) is 2.58. The summed E-state index contributed by atoms with van der Waals surface area (Å²) in [5, 5.41) is 29.9. The van der Waals surface area contributed by atoms with Gasteiger partial charge >= 0.3 is 0 Å². The van der Waals surface area contributed by atoms with Gasteiger partial charge in [0.2, 0.25) is 0 Å². The number of hydrogen-bond donors (Lipinski definition) is 3. The summed E-state index contributed by atoms with van der Waals surface area (Å²) in [6, 6.07) is 2.63. The Morgan fingerprint density at radius 2 is 1.88 bits per heavy atom. The Balaban J connectivity index is 2.66. The van der Waals surface area contributed by atoms with Crippen LogP contribution in [-0.4, -0.2) is 15.1 Å². The number of aliphatic hydroxyl groups is 2. The van der Waals surface area contributed by atoms with Crippen molar-refractivity contribution in [3.05, 3.63) is 45.5 Å². The maximum absolute atomic E-state index is 10.7. The second-order valence-corrected chi connectivity index (χ2v) is 3.53. The molecule has 0 spiro atoms. The molecule has 1 aromatic rings. The number of nitrogens with two attached hydrogens (primary N) is 1. The van der Waals surface area contributed by atoms with Crippen molar-refractivity contribution in [3.8, 4) is 0 Å². The van der Waals surface area contributed by atoms with Crippen LogP contribution in [-0.2, 0) is 0 Å². The van der Waals surface area contributed by atoms with E-state index in [1.807, 2.05) is 0 Å². The molecule has 0 aliphatic heterocycles. The molecule has 0 heterocycles. The summed E-state index contributed by atoms with van der Waals surface area (Å²) < 4.78 is 0. The van der Waals surface area contributed by atoms with Crippen molar-refractivity contribution in [2.75, 3.05) is 5.73 Å². The molecule has 0 aromatic heterocycles. The average molecular weight is 222 g/mol. The van der Waals surface area contributed by atoms with E-state index in [-0.39, 0.29) is 16.9 Å². The van der Waals surface area contributed by atoms with Crippen LogP contribution < -0.4 is 5.73 Å². The molecule has 1 aromatic carbocycles. The predicted molar refractivity (Wildman–Crippen MR) is 56.6 cm³/mol. The van der Waals surface area contributed by atoms with Crippen LogP contribution in [0.25, 0.3) is 0 Å². The normalized spacial score (nSPS) is 22.9. The number of hydrogen-bond acceptors (Lipinski definition) is 5. The lowest BCUT2D eigenvalue weighted by Crippen LogP contribution is -2.13. The van der Waals surface area contributed by atoms with E-state index in [0.29, 0.717) is 5.56 Å². The lowest BCUT2D eigenvalue weighted by molar-refractivity contribution is -0.384. The topological polar surface area (TPSA) is 110 Å². The first-order valence-electron chi connectivity index (χ1n) is 4.63. The van der Waals surface area contributed by atoms with Gasteiger partial charge < -0.3 is 15.9 Å². The van der Waals surface area contributed by atoms with E-state index in [1.165, 1.54) is 24.3 Å². The van der Waals surface area contributed by atoms with Gasteiger partial charge in [-0.15, -0.1) is 0 Å². The van der Waals surface area contributed by atoms with Crippen molar-refractivity contribution in [2.24, 2.45) is 0 Å². The van der Waals surface area contributed by atoms with Crippen LogP contribution in [0.5, 0.6) is 0 Å². The lowest BCUT2D eigenvalue weighted by Gasteiger charge is -2.21. The third-order valence-electron chi connectivity index (χ3n) is 2.58. The van der Waals surface area contributed by atoms with Crippen LogP contribution in [0.4, 0.5) is 11.4 Å². The van der Waals surface area contributed by atoms with E-state index in [2.05, 4.69) is 0 Å². The van der Waals surface area contributed by atoms with Gasteiger partial charge in [-0.1, -0.05) is 12.2 Å². The van der Waals surface area contributed by atoms with Crippen LogP contribution in [0.1, 0.15) is 23.3 Å². The Morgan fingerprint density at radius 1 is 1.25 bits per heavy atom. The Bertz CT molecular complexity index is 484. The largest absolute Gasteiger partial charge is 0.393 e. The highest BCUT2D eigenvalue weighted by Gasteiger charge is 2.27. The molecule has 2 atom stereocenters. The van der Waals surface area contributed by atoms with Crippen LogP contribution >= 0.6 is 0 Å². The van der Waals surface area contributed by atoms with E-state index in [4.69, 9.17) is 5.73 Å². The second kappa shape index (κ2) is 3.58. The van der Waals surface area contributed by atoms with E-state index >= 15 is 0 Å². The van der Waals surface area contributed by atoms with Crippen LogP contribution in [0.3, 0.4) is 0 Å². The molecular formula is C10H10N2O4. The van der Waals surface area contributed by atoms with E-state index < -0.39 is 17.1 Å². The summed E-state index contributed by atoms with van der Waals surface area (Å²) >= 11 is 0. The highest BCUT2D eigenvalue weighted by atomic mass is 16.6. The molecule has 6 heteroatoms. The van der Waals surface area contributed by atoms with Gasteiger partial charge in [0.1, 0.15) is 5.69 Å². The molecule has 0 bridgehead atoms. The summed E-state index contributed by atoms with van der Waals surface area (Å²) in [6.45, 7) is 0. The molecule has 4 N–H and O–H groups in total. The second-order valence-electron chi connectivity index (χ2n) is 3.53. The number of nitro benzene ring substituents is 1. The molecule has 0 saturated heterocycles. The van der Waals surface area contributed by atoms with Crippen molar-refractivity contribution in [1.82, 2.24) is 0 Å². The zero-order valence-corrected chi connectivity index (χ0v) is 8.20. The number of anilines is 1. The summed E-state index contributed by atoms with van der Waals surface area (Å²) in [6.07, 6.45) is 0.866. The molecule has 1 aliphatic rings. The van der Waals surface area contributed by atoms with Crippen LogP contribution in [0.15, 0.2) is 24.3 Å². The number of benzene rings is 1. The minimum Gasteiger partial charge on any atom is -0.393 e. The fourth-order valence-electron chi connectivity index (χ4n) is 1.80. The average Bonchev–Trinajstić information content (AvgIpc) is 2.23. The predicted octanol–water partition coefficient (Wildman–Crippen LogP) is 0.814. The third kappa shape index (κ3) is 1.44. The van der Waals surface area contributed by atoms with Crippen LogP contribution in [0, 0.1) is 10.1 Å². The molecular weight excluding hydrogens is 212 g/mol. The van der Waals surface area contributed by atoms with Crippen molar-refractivity contribution in [3.63, 3.8) is 0 Å². The van der Waals surface area contributed by atoms with Gasteiger partial charge in [-0.2, -0.15) is 0 Å². The van der Waals surface area contributed by atoms with Gasteiger partial charge in [0.25, 0.3) is 5.69 Å². The zero-order chi connectivity index (χ0) is 11.9. The van der Waals surface area contributed by atoms with Gasteiger partial charge in [0, 0.05) is 11.6 Å². The van der Waals surface area contributed by atoms with Crippen molar-refractivity contribution >= 4 is 11.4 Å². The SMILES string of the molecule is Nc1c([N+](=O)[O-])ccc2c1C(O)C=CC2O. The molecule has 2 unspecified atom stereocenters. The maximum atomic E-state index is 10.7. The molecule has 0 amide bonds. The number of nitrogen functional groups attached to an aromatic ring is 1. The Kier molecular flexibility index (Phi) is 2.37. The standard InChI is InChI=1S/C10H10N2O4/c11-10-6(12(15)16)2-1-5-7(13)3-4-8(14)9(5)10/h1-4,7-8,13-14H,11H2. The first kappa shape index (κ1) is 10.6. The minimum atomic E-state index is -1.02. The molecule has 2 rings (SSSR count). The molecule has 0 saturated carbocycles. The van der Waals surface area contributed by atoms with Crippen LogP contribution in [0.2, 0.25) is 0 Å². The van der Waals surface area contributed by atoms with Gasteiger partial charge in [-0.25, -0.2) is 0 Å². The molecule has 16 heavy (non-hydrogen) atoms. The number of aliphatic hydroxyl groups excluding tert-OH is 2. The first-order chi connectivity index (χ1) is 7.52. The Hall–Kier alpha value is -1.92. The monoisotopic (exact) mass is 222 g/mol. The Labute approximate surface area is 90.8 Å². The summed E-state index contributed by atoms with van der Waals surface area (Å²) in [4.78, 5) is 10.0. The molecule has 84 valence electrons. The summed E-state index contributed by atoms with van der Waals surface area (Å²) in [7, 11) is 0. The fourth-order valence-corrected chi connectivity index (χ4v) is 1.80. The summed E-state index contributed by atoms with van der Waals surface area (Å²) in [5.74, 6) is 0. The molecule has 1 aliphatic carbocycles. The first-order valence-corrected chi connectivity index (χ1v) is 4.63. The molecule has 0 fully saturated rings. The molecule has 6 nitrogen and oxygen atoms in total. The number of nitrogens with zero attached hydrogens (tertiary/aromatic N) is 1. The fraction of sp³-hybridized carbons (Fsp3) is 0.200. The van der Waals surface area contributed by atoms with E-state index in [9.17, 15) is 20.3 Å². The Morgan fingerprint density at radius 3 is 2.50 bits per heavy atom. The van der Waals surface area contributed by atoms with Gasteiger partial charge in [-0.3, -0.25) is 10.1 Å². The smallest absolute Gasteiger partial charge is 0.292 e. The zero-order valence-electron chi connectivity index (χ0n) is 8.20.